The van der Waals surface area contributed by atoms with Crippen molar-refractivity contribution < 1.29 is 0 Å². The fourth-order valence-corrected chi connectivity index (χ4v) is 4.13. The van der Waals surface area contributed by atoms with Crippen LogP contribution < -0.4 is 0 Å². The van der Waals surface area contributed by atoms with E-state index in [9.17, 15) is 0 Å². The van der Waals surface area contributed by atoms with Gasteiger partial charge < -0.3 is 0 Å². The Morgan fingerprint density at radius 2 is 1.94 bits per heavy atom. The van der Waals surface area contributed by atoms with Gasteiger partial charge in [-0.2, -0.15) is 0 Å². The molecule has 1 fully saturated rings. The molecule has 0 unspecified atom stereocenters. The van der Waals surface area contributed by atoms with Gasteiger partial charge in [0.15, 0.2) is 0 Å². The second-order valence-corrected chi connectivity index (χ2v) is 6.82. The molecule has 3 rings (SSSR count). The maximum Gasteiger partial charge on any atom is 0.0357 e. The summed E-state index contributed by atoms with van der Waals surface area (Å²) in [7, 11) is 0. The molecule has 1 aromatic heterocycles. The zero-order valence-corrected chi connectivity index (χ0v) is 12.2. The Labute approximate surface area is 115 Å². The van der Waals surface area contributed by atoms with E-state index < -0.39 is 0 Å². The molecule has 1 saturated heterocycles. The number of hydrogen-bond donors (Lipinski definition) is 0. The van der Waals surface area contributed by atoms with Crippen molar-refractivity contribution in [3.63, 3.8) is 0 Å². The van der Waals surface area contributed by atoms with E-state index in [0.717, 1.165) is 6.54 Å². The largest absolute Gasteiger partial charge is 0.298 e. The van der Waals surface area contributed by atoms with Gasteiger partial charge in [-0.1, -0.05) is 28.4 Å². The first-order valence-electron chi connectivity index (χ1n) is 6.21. The van der Waals surface area contributed by atoms with Crippen molar-refractivity contribution in [1.82, 2.24) is 4.90 Å². The van der Waals surface area contributed by atoms with Crippen LogP contribution in [0.3, 0.4) is 0 Å². The second kappa shape index (κ2) is 5.09. The summed E-state index contributed by atoms with van der Waals surface area (Å²) in [5, 5.41) is 1.38. The summed E-state index contributed by atoms with van der Waals surface area (Å²) in [6.07, 6.45) is 4.16. The molecule has 0 N–H and O–H groups in total. The summed E-state index contributed by atoms with van der Waals surface area (Å²) >= 11 is 5.47. The molecule has 0 atom stereocenters. The van der Waals surface area contributed by atoms with Crippen molar-refractivity contribution in [3.05, 3.63) is 33.6 Å². The smallest absolute Gasteiger partial charge is 0.0357 e. The first-order valence-corrected chi connectivity index (χ1v) is 7.82. The monoisotopic (exact) mass is 309 g/mol. The van der Waals surface area contributed by atoms with Crippen LogP contribution in [0.5, 0.6) is 0 Å². The van der Waals surface area contributed by atoms with Gasteiger partial charge in [0.05, 0.1) is 0 Å². The molecule has 1 aliphatic heterocycles. The molecule has 2 heterocycles. The molecule has 3 heteroatoms. The lowest BCUT2D eigenvalue weighted by Crippen LogP contribution is -2.28. The standard InChI is InChI=1S/C14H16BrNS/c15-12-5-4-11-8-13(17-14(11)9-12)10-16-6-2-1-3-7-16/h4-5,8-9H,1-3,6-7,10H2. The minimum absolute atomic E-state index is 1.14. The minimum Gasteiger partial charge on any atom is -0.298 e. The van der Waals surface area contributed by atoms with Crippen LogP contribution in [0.15, 0.2) is 28.7 Å². The van der Waals surface area contributed by atoms with Crippen LogP contribution in [0.1, 0.15) is 24.1 Å². The summed E-state index contributed by atoms with van der Waals surface area (Å²) in [6.45, 7) is 3.69. The Bertz CT molecular complexity index is 514. The normalized spacial score (nSPS) is 17.7. The molecule has 1 aromatic carbocycles. The van der Waals surface area contributed by atoms with Gasteiger partial charge in [-0.15, -0.1) is 11.3 Å². The van der Waals surface area contributed by atoms with Crippen LogP contribution in [0, 0.1) is 0 Å². The Morgan fingerprint density at radius 1 is 1.12 bits per heavy atom. The minimum atomic E-state index is 1.14. The van der Waals surface area contributed by atoms with Crippen LogP contribution in [-0.2, 0) is 6.54 Å². The van der Waals surface area contributed by atoms with Crippen LogP contribution >= 0.6 is 27.3 Å². The third-order valence-corrected chi connectivity index (χ3v) is 4.94. The number of nitrogens with zero attached hydrogens (tertiary/aromatic N) is 1. The number of fused-ring (bicyclic) bond motifs is 1. The van der Waals surface area contributed by atoms with Crippen LogP contribution in [0.2, 0.25) is 0 Å². The van der Waals surface area contributed by atoms with E-state index in [2.05, 4.69) is 45.1 Å². The summed E-state index contributed by atoms with van der Waals surface area (Å²) in [4.78, 5) is 4.09. The number of likely N-dealkylation sites (tertiary alicyclic amines) is 1. The van der Waals surface area contributed by atoms with Gasteiger partial charge in [-0.05, 0) is 49.5 Å². The molecule has 0 saturated carbocycles. The molecule has 90 valence electrons. The van der Waals surface area contributed by atoms with Gasteiger partial charge in [0, 0.05) is 20.6 Å². The predicted molar refractivity (Wildman–Crippen MR) is 78.7 cm³/mol. The van der Waals surface area contributed by atoms with Gasteiger partial charge in [0.1, 0.15) is 0 Å². The molecule has 2 aromatic rings. The number of halogens is 1. The van der Waals surface area contributed by atoms with Crippen LogP contribution in [0.25, 0.3) is 10.1 Å². The van der Waals surface area contributed by atoms with Crippen molar-refractivity contribution in [2.45, 2.75) is 25.8 Å². The molecule has 1 nitrogen and oxygen atoms in total. The average molecular weight is 310 g/mol. The zero-order valence-electron chi connectivity index (χ0n) is 9.79. The fraction of sp³-hybridized carbons (Fsp3) is 0.429. The summed E-state index contributed by atoms with van der Waals surface area (Å²) < 4.78 is 2.57. The number of rotatable bonds is 2. The average Bonchev–Trinajstić information content (AvgIpc) is 2.71. The molecular formula is C14H16BrNS. The Balaban J connectivity index is 1.80. The molecule has 1 aliphatic rings. The highest BCUT2D eigenvalue weighted by Gasteiger charge is 2.11. The molecular weight excluding hydrogens is 294 g/mol. The third-order valence-electron chi connectivity index (χ3n) is 3.36. The van der Waals surface area contributed by atoms with Crippen molar-refractivity contribution in [2.24, 2.45) is 0 Å². The topological polar surface area (TPSA) is 3.24 Å². The van der Waals surface area contributed by atoms with E-state index in [1.807, 2.05) is 11.3 Å². The third kappa shape index (κ3) is 2.72. The Kier molecular flexibility index (Phi) is 3.50. The molecule has 0 aliphatic carbocycles. The predicted octanol–water partition coefficient (Wildman–Crippen LogP) is 4.65. The second-order valence-electron chi connectivity index (χ2n) is 4.73. The number of hydrogen-bond acceptors (Lipinski definition) is 2. The van der Waals surface area contributed by atoms with E-state index in [1.165, 1.54) is 51.8 Å². The SMILES string of the molecule is Brc1ccc2cc(CN3CCCCC3)sc2c1. The molecule has 0 amide bonds. The van der Waals surface area contributed by atoms with Crippen molar-refractivity contribution in [2.75, 3.05) is 13.1 Å². The lowest BCUT2D eigenvalue weighted by Gasteiger charge is -2.25. The maximum atomic E-state index is 3.54. The first kappa shape index (κ1) is 11.7. The highest BCUT2D eigenvalue weighted by atomic mass is 79.9. The van der Waals surface area contributed by atoms with E-state index in [0.29, 0.717) is 0 Å². The highest BCUT2D eigenvalue weighted by molar-refractivity contribution is 9.10. The van der Waals surface area contributed by atoms with Crippen molar-refractivity contribution in [3.8, 4) is 0 Å². The molecule has 0 radical (unpaired) electrons. The van der Waals surface area contributed by atoms with Gasteiger partial charge in [-0.3, -0.25) is 4.90 Å². The maximum absolute atomic E-state index is 3.54. The summed E-state index contributed by atoms with van der Waals surface area (Å²) in [6, 6.07) is 8.90. The first-order chi connectivity index (χ1) is 8.31. The van der Waals surface area contributed by atoms with Crippen molar-refractivity contribution in [1.29, 1.82) is 0 Å². The number of thiophene rings is 1. The zero-order chi connectivity index (χ0) is 11.7. The lowest BCUT2D eigenvalue weighted by atomic mass is 10.1. The molecule has 17 heavy (non-hydrogen) atoms. The number of benzene rings is 1. The van der Waals surface area contributed by atoms with Gasteiger partial charge in [0.25, 0.3) is 0 Å². The van der Waals surface area contributed by atoms with Crippen LogP contribution in [-0.4, -0.2) is 18.0 Å². The van der Waals surface area contributed by atoms with Gasteiger partial charge in [-0.25, -0.2) is 0 Å². The van der Waals surface area contributed by atoms with Crippen LogP contribution in [0.4, 0.5) is 0 Å². The fourth-order valence-electron chi connectivity index (χ4n) is 2.48. The van der Waals surface area contributed by atoms with E-state index in [1.54, 1.807) is 0 Å². The van der Waals surface area contributed by atoms with Gasteiger partial charge in [0.2, 0.25) is 0 Å². The Hall–Kier alpha value is -0.380. The van der Waals surface area contributed by atoms with E-state index in [-0.39, 0.29) is 0 Å². The molecule has 0 spiro atoms. The van der Waals surface area contributed by atoms with Crippen molar-refractivity contribution >= 4 is 37.4 Å². The van der Waals surface area contributed by atoms with E-state index in [4.69, 9.17) is 0 Å². The molecule has 0 bridgehead atoms. The Morgan fingerprint density at radius 3 is 2.76 bits per heavy atom. The highest BCUT2D eigenvalue weighted by Crippen LogP contribution is 2.29. The van der Waals surface area contributed by atoms with Gasteiger partial charge >= 0.3 is 0 Å². The number of piperidine rings is 1. The quantitative estimate of drug-likeness (QED) is 0.780. The summed E-state index contributed by atoms with van der Waals surface area (Å²) in [5.41, 5.74) is 0. The summed E-state index contributed by atoms with van der Waals surface area (Å²) in [5.74, 6) is 0. The van der Waals surface area contributed by atoms with E-state index >= 15 is 0 Å². The lowest BCUT2D eigenvalue weighted by molar-refractivity contribution is 0.223.